The van der Waals surface area contributed by atoms with E-state index in [0.717, 1.165) is 29.5 Å². The predicted molar refractivity (Wildman–Crippen MR) is 101 cm³/mol. The molecule has 0 saturated heterocycles. The molecular weight excluding hydrogens is 355 g/mol. The van der Waals surface area contributed by atoms with Crippen molar-refractivity contribution in [2.24, 2.45) is 0 Å². The van der Waals surface area contributed by atoms with Crippen molar-refractivity contribution >= 4 is 11.9 Å². The van der Waals surface area contributed by atoms with E-state index >= 15 is 0 Å². The van der Waals surface area contributed by atoms with Crippen molar-refractivity contribution in [1.29, 1.82) is 0 Å². The van der Waals surface area contributed by atoms with Crippen molar-refractivity contribution in [3.05, 3.63) is 69.8 Å². The average Bonchev–Trinajstić information content (AvgIpc) is 2.60. The summed E-state index contributed by atoms with van der Waals surface area (Å²) in [4.78, 5) is 22.0. The average molecular weight is 382 g/mol. The molecule has 142 valence electrons. The Hall–Kier alpha value is -1.66. The molecule has 0 aliphatic heterocycles. The molecule has 27 heavy (non-hydrogen) atoms. The summed E-state index contributed by atoms with van der Waals surface area (Å²) in [5.41, 5.74) is 5.33. The van der Waals surface area contributed by atoms with Crippen molar-refractivity contribution in [3.8, 4) is 0 Å². The first-order chi connectivity index (χ1) is 11.8. The van der Waals surface area contributed by atoms with Crippen molar-refractivity contribution in [3.63, 3.8) is 0 Å². The Morgan fingerprint density at radius 1 is 0.889 bits per heavy atom. The largest absolute Gasteiger partial charge is 1.00 e. The monoisotopic (exact) mass is 382 g/mol. The summed E-state index contributed by atoms with van der Waals surface area (Å²) in [5, 5.41) is 8.79. The van der Waals surface area contributed by atoms with E-state index in [-0.39, 0.29) is 41.0 Å². The van der Waals surface area contributed by atoms with Gasteiger partial charge in [0.2, 0.25) is 0 Å². The van der Waals surface area contributed by atoms with Crippen molar-refractivity contribution in [1.82, 2.24) is 0 Å². The van der Waals surface area contributed by atoms with Crippen LogP contribution in [0.4, 0.5) is 0 Å². The second-order valence-electron chi connectivity index (χ2n) is 5.83. The summed E-state index contributed by atoms with van der Waals surface area (Å²) in [6.07, 6.45) is 1.62. The number of ether oxygens (including phenoxy) is 1. The number of hydrogen-bond acceptors (Lipinski definition) is 4. The maximum atomic E-state index is 11.3. The van der Waals surface area contributed by atoms with Gasteiger partial charge in [-0.2, -0.15) is 0 Å². The fourth-order valence-electron chi connectivity index (χ4n) is 2.55. The minimum absolute atomic E-state index is 0. The summed E-state index contributed by atoms with van der Waals surface area (Å²) in [6.45, 7) is 7.97. The van der Waals surface area contributed by atoms with E-state index in [0.29, 0.717) is 11.1 Å². The first kappa shape index (κ1) is 27.6. The normalized spacial score (nSPS) is 9.07. The number of carboxylic acids is 1. The van der Waals surface area contributed by atoms with Crippen molar-refractivity contribution < 1.29 is 54.5 Å². The maximum Gasteiger partial charge on any atom is 1.00 e. The summed E-state index contributed by atoms with van der Waals surface area (Å²) in [6, 6.07) is 11.2. The number of methoxy groups -OCH3 is 1. The molecule has 0 saturated carbocycles. The van der Waals surface area contributed by atoms with Crippen LogP contribution in [0.3, 0.4) is 0 Å². The van der Waals surface area contributed by atoms with Crippen molar-refractivity contribution in [2.45, 2.75) is 40.5 Å². The van der Waals surface area contributed by atoms with Crippen LogP contribution >= 0.6 is 0 Å². The molecule has 5 nitrogen and oxygen atoms in total. The Kier molecular flexibility index (Phi) is 13.8. The fraction of sp³-hybridized carbons (Fsp3) is 0.333. The SMILES string of the molecule is CCc1cc(C)ccc1C(=O)O.CCc1cc(C)ccc1C(=O)OC.[Na+].[OH-]. The Morgan fingerprint density at radius 2 is 1.30 bits per heavy atom. The molecule has 0 bridgehead atoms. The smallest absolute Gasteiger partial charge is 0.870 e. The van der Waals surface area contributed by atoms with E-state index in [1.165, 1.54) is 12.7 Å². The Bertz CT molecular complexity index is 756. The molecule has 0 radical (unpaired) electrons. The first-order valence-electron chi connectivity index (χ1n) is 8.34. The molecule has 2 aromatic carbocycles. The van der Waals surface area contributed by atoms with Gasteiger partial charge < -0.3 is 15.3 Å². The molecule has 2 N–H and O–H groups in total. The van der Waals surface area contributed by atoms with Gasteiger partial charge in [0, 0.05) is 0 Å². The summed E-state index contributed by atoms with van der Waals surface area (Å²) in [7, 11) is 1.40. The number of benzene rings is 2. The molecular formula is C21H27NaO5. The molecule has 0 aliphatic carbocycles. The van der Waals surface area contributed by atoms with E-state index in [4.69, 9.17) is 5.11 Å². The van der Waals surface area contributed by atoms with Crippen LogP contribution in [0, 0.1) is 13.8 Å². The topological polar surface area (TPSA) is 93.6 Å². The summed E-state index contributed by atoms with van der Waals surface area (Å²) >= 11 is 0. The van der Waals surface area contributed by atoms with Crippen LogP contribution in [0.1, 0.15) is 56.8 Å². The minimum Gasteiger partial charge on any atom is -0.870 e. The number of aryl methyl sites for hydroxylation is 4. The number of hydrogen-bond donors (Lipinski definition) is 1. The van der Waals surface area contributed by atoms with Gasteiger partial charge in [-0.1, -0.05) is 49.2 Å². The second-order valence-corrected chi connectivity index (χ2v) is 5.83. The molecule has 0 aliphatic rings. The van der Waals surface area contributed by atoms with Crippen LogP contribution in [0.25, 0.3) is 0 Å². The number of carbonyl (C=O) groups is 2. The number of aromatic carboxylic acids is 1. The van der Waals surface area contributed by atoms with Gasteiger partial charge in [0.25, 0.3) is 0 Å². The van der Waals surface area contributed by atoms with Crippen LogP contribution < -0.4 is 29.6 Å². The Labute approximate surface area is 183 Å². The van der Waals surface area contributed by atoms with E-state index < -0.39 is 5.97 Å². The number of rotatable bonds is 4. The van der Waals surface area contributed by atoms with E-state index in [9.17, 15) is 9.59 Å². The van der Waals surface area contributed by atoms with Gasteiger partial charge in [0.05, 0.1) is 18.2 Å². The van der Waals surface area contributed by atoms with E-state index in [2.05, 4.69) is 4.74 Å². The summed E-state index contributed by atoms with van der Waals surface area (Å²) in [5.74, 6) is -1.09. The van der Waals surface area contributed by atoms with Gasteiger partial charge in [-0.3, -0.25) is 0 Å². The van der Waals surface area contributed by atoms with Gasteiger partial charge in [-0.05, 0) is 49.9 Å². The molecule has 0 fully saturated rings. The maximum absolute atomic E-state index is 11.3. The number of esters is 1. The third-order valence-corrected chi connectivity index (χ3v) is 3.92. The molecule has 0 aromatic heterocycles. The van der Waals surface area contributed by atoms with Gasteiger partial charge in [0.1, 0.15) is 0 Å². The zero-order chi connectivity index (χ0) is 19.0. The van der Waals surface area contributed by atoms with Crippen LogP contribution in [0.5, 0.6) is 0 Å². The van der Waals surface area contributed by atoms with Crippen LogP contribution in [-0.2, 0) is 17.6 Å². The molecule has 0 heterocycles. The van der Waals surface area contributed by atoms with Gasteiger partial charge in [0.15, 0.2) is 0 Å². The van der Waals surface area contributed by atoms with Crippen LogP contribution in [0.2, 0.25) is 0 Å². The number of carbonyl (C=O) groups excluding carboxylic acids is 1. The summed E-state index contributed by atoms with van der Waals surface area (Å²) < 4.78 is 4.68. The standard InChI is InChI=1S/C11H14O2.C10H12O2.Na.H2O/c1-4-9-7-8(2)5-6-10(9)11(12)13-3;1-3-8-6-7(2)4-5-9(8)10(11)12;;/h5-7H,4H2,1-3H3;4-6H,3H2,1-2H3,(H,11,12);;1H2/q;;+1;/p-1. The van der Waals surface area contributed by atoms with Gasteiger partial charge in [-0.25, -0.2) is 9.59 Å². The van der Waals surface area contributed by atoms with Crippen molar-refractivity contribution in [2.75, 3.05) is 7.11 Å². The molecule has 6 heteroatoms. The number of carboxylic acid groups (broad SMARTS) is 1. The minimum atomic E-state index is -0.841. The van der Waals surface area contributed by atoms with E-state index in [1.54, 1.807) is 6.07 Å². The predicted octanol–water partition coefficient (Wildman–Crippen LogP) is 1.43. The third kappa shape index (κ3) is 8.26. The Morgan fingerprint density at radius 3 is 1.67 bits per heavy atom. The van der Waals surface area contributed by atoms with Crippen LogP contribution in [0.15, 0.2) is 36.4 Å². The zero-order valence-corrected chi connectivity index (χ0v) is 19.0. The molecule has 2 aromatic rings. The zero-order valence-electron chi connectivity index (χ0n) is 17.0. The molecule has 0 atom stereocenters. The quantitative estimate of drug-likeness (QED) is 0.638. The van der Waals surface area contributed by atoms with Gasteiger partial charge >= 0.3 is 41.5 Å². The van der Waals surface area contributed by atoms with Crippen LogP contribution in [-0.4, -0.2) is 29.6 Å². The second kappa shape index (κ2) is 13.5. The first-order valence-corrected chi connectivity index (χ1v) is 8.34. The molecule has 0 unspecified atom stereocenters. The fourth-order valence-corrected chi connectivity index (χ4v) is 2.55. The van der Waals surface area contributed by atoms with E-state index in [1.807, 2.05) is 58.0 Å². The van der Waals surface area contributed by atoms with Gasteiger partial charge in [-0.15, -0.1) is 0 Å². The third-order valence-electron chi connectivity index (χ3n) is 3.92. The molecule has 0 spiro atoms. The molecule has 2 rings (SSSR count). The molecule has 0 amide bonds. The Balaban J connectivity index is 0.